The van der Waals surface area contributed by atoms with Crippen LogP contribution in [0.3, 0.4) is 0 Å². The number of tetrazole rings is 1. The van der Waals surface area contributed by atoms with E-state index < -0.39 is 0 Å². The molecule has 3 rings (SSSR count). The Morgan fingerprint density at radius 1 is 1.24 bits per heavy atom. The van der Waals surface area contributed by atoms with Gasteiger partial charge in [0.15, 0.2) is 0 Å². The van der Waals surface area contributed by atoms with Gasteiger partial charge in [-0.05, 0) is 56.7 Å². The zero-order valence-corrected chi connectivity index (χ0v) is 12.2. The van der Waals surface area contributed by atoms with Crippen LogP contribution in [-0.4, -0.2) is 31.1 Å². The molecule has 1 amide bonds. The predicted molar refractivity (Wildman–Crippen MR) is 79.0 cm³/mol. The number of nitrogens with zero attached hydrogens (tertiary/aromatic N) is 5. The third-order valence-electron chi connectivity index (χ3n) is 2.72. The van der Waals surface area contributed by atoms with Crippen molar-refractivity contribution in [2.75, 3.05) is 5.32 Å². The van der Waals surface area contributed by atoms with Crippen molar-refractivity contribution in [2.45, 2.75) is 0 Å². The van der Waals surface area contributed by atoms with Crippen LogP contribution in [0.25, 0.3) is 5.69 Å². The third kappa shape index (κ3) is 2.95. The Kier molecular flexibility index (Phi) is 3.69. The normalized spacial score (nSPS) is 10.3. The van der Waals surface area contributed by atoms with Gasteiger partial charge in [-0.3, -0.25) is 4.79 Å². The molecular formula is C13H9BrN6O. The highest BCUT2D eigenvalue weighted by Gasteiger charge is 2.11. The molecule has 0 aliphatic rings. The lowest BCUT2D eigenvalue weighted by atomic mass is 10.2. The van der Waals surface area contributed by atoms with Gasteiger partial charge in [0.1, 0.15) is 10.9 Å². The smallest absolute Gasteiger partial charge is 0.258 e. The van der Waals surface area contributed by atoms with Crippen molar-refractivity contribution in [3.63, 3.8) is 0 Å². The second-order valence-corrected chi connectivity index (χ2v) is 4.85. The maximum absolute atomic E-state index is 12.2. The van der Waals surface area contributed by atoms with Gasteiger partial charge in [-0.25, -0.2) is 9.67 Å². The van der Waals surface area contributed by atoms with E-state index in [4.69, 9.17) is 0 Å². The highest BCUT2D eigenvalue weighted by molar-refractivity contribution is 9.10. The third-order valence-corrected chi connectivity index (χ3v) is 3.35. The minimum Gasteiger partial charge on any atom is -0.322 e. The number of carbonyl (C=O) groups is 1. The standard InChI is InChI=1S/C13H9BrN6O/c14-12-11(5-2-6-15-12)13(21)17-9-3-1-4-10(7-9)20-8-16-18-19-20/h1-8H,(H,17,21). The monoisotopic (exact) mass is 344 g/mol. The fourth-order valence-electron chi connectivity index (χ4n) is 1.76. The second-order valence-electron chi connectivity index (χ2n) is 4.10. The molecule has 0 saturated carbocycles. The van der Waals surface area contributed by atoms with E-state index in [0.717, 1.165) is 5.69 Å². The quantitative estimate of drug-likeness (QED) is 0.735. The van der Waals surface area contributed by atoms with Gasteiger partial charge in [0.05, 0.1) is 11.3 Å². The van der Waals surface area contributed by atoms with Gasteiger partial charge in [-0.2, -0.15) is 0 Å². The van der Waals surface area contributed by atoms with E-state index in [2.05, 4.69) is 41.8 Å². The minimum absolute atomic E-state index is 0.246. The van der Waals surface area contributed by atoms with Crippen molar-refractivity contribution in [2.24, 2.45) is 0 Å². The summed E-state index contributed by atoms with van der Waals surface area (Å²) in [5, 5.41) is 13.8. The maximum Gasteiger partial charge on any atom is 0.258 e. The Morgan fingerprint density at radius 3 is 2.90 bits per heavy atom. The van der Waals surface area contributed by atoms with Gasteiger partial charge < -0.3 is 5.32 Å². The summed E-state index contributed by atoms with van der Waals surface area (Å²) >= 11 is 3.25. The first kappa shape index (κ1) is 13.4. The van der Waals surface area contributed by atoms with Gasteiger partial charge >= 0.3 is 0 Å². The van der Waals surface area contributed by atoms with Crippen LogP contribution in [0.1, 0.15) is 10.4 Å². The Bertz CT molecular complexity index is 774. The molecule has 21 heavy (non-hydrogen) atoms. The molecule has 3 aromatic rings. The summed E-state index contributed by atoms with van der Waals surface area (Å²) in [5.41, 5.74) is 1.86. The van der Waals surface area contributed by atoms with E-state index in [1.807, 2.05) is 12.1 Å². The highest BCUT2D eigenvalue weighted by atomic mass is 79.9. The minimum atomic E-state index is -0.246. The molecule has 0 atom stereocenters. The number of hydrogen-bond acceptors (Lipinski definition) is 5. The number of anilines is 1. The molecule has 0 saturated heterocycles. The van der Waals surface area contributed by atoms with Gasteiger partial charge in [0.25, 0.3) is 5.91 Å². The van der Waals surface area contributed by atoms with Crippen molar-refractivity contribution in [1.82, 2.24) is 25.2 Å². The predicted octanol–water partition coefficient (Wildman–Crippen LogP) is 2.07. The van der Waals surface area contributed by atoms with E-state index in [0.29, 0.717) is 15.9 Å². The van der Waals surface area contributed by atoms with Crippen LogP contribution in [0.15, 0.2) is 53.5 Å². The summed E-state index contributed by atoms with van der Waals surface area (Å²) in [6.45, 7) is 0. The number of nitrogens with one attached hydrogen (secondary N) is 1. The van der Waals surface area contributed by atoms with Crippen LogP contribution in [0.4, 0.5) is 5.69 Å². The van der Waals surface area contributed by atoms with E-state index in [9.17, 15) is 4.79 Å². The molecule has 2 aromatic heterocycles. The van der Waals surface area contributed by atoms with Gasteiger partial charge in [0, 0.05) is 11.9 Å². The zero-order chi connectivity index (χ0) is 14.7. The average Bonchev–Trinajstić information content (AvgIpc) is 3.02. The van der Waals surface area contributed by atoms with Crippen molar-refractivity contribution < 1.29 is 4.79 Å². The lowest BCUT2D eigenvalue weighted by molar-refractivity contribution is 0.102. The Morgan fingerprint density at radius 2 is 2.14 bits per heavy atom. The molecule has 2 heterocycles. The molecule has 0 radical (unpaired) electrons. The number of hydrogen-bond donors (Lipinski definition) is 1. The van der Waals surface area contributed by atoms with Crippen molar-refractivity contribution >= 4 is 27.5 Å². The lowest BCUT2D eigenvalue weighted by Crippen LogP contribution is -2.13. The first-order valence-electron chi connectivity index (χ1n) is 5.99. The summed E-state index contributed by atoms with van der Waals surface area (Å²) in [6.07, 6.45) is 3.10. The molecule has 0 aliphatic heterocycles. The zero-order valence-electron chi connectivity index (χ0n) is 10.6. The SMILES string of the molecule is O=C(Nc1cccc(-n2cnnn2)c1)c1cccnc1Br. The van der Waals surface area contributed by atoms with Crippen molar-refractivity contribution in [3.05, 3.63) is 59.1 Å². The first-order valence-corrected chi connectivity index (χ1v) is 6.78. The fourth-order valence-corrected chi connectivity index (χ4v) is 2.19. The van der Waals surface area contributed by atoms with E-state index in [-0.39, 0.29) is 5.91 Å². The van der Waals surface area contributed by atoms with E-state index in [1.54, 1.807) is 30.5 Å². The summed E-state index contributed by atoms with van der Waals surface area (Å²) in [4.78, 5) is 16.2. The summed E-state index contributed by atoms with van der Waals surface area (Å²) < 4.78 is 2.01. The molecule has 0 aliphatic carbocycles. The Hall–Kier alpha value is -2.61. The average molecular weight is 345 g/mol. The number of amides is 1. The number of benzene rings is 1. The lowest BCUT2D eigenvalue weighted by Gasteiger charge is -2.07. The van der Waals surface area contributed by atoms with Crippen molar-refractivity contribution in [1.29, 1.82) is 0 Å². The second kappa shape index (κ2) is 5.80. The van der Waals surface area contributed by atoms with Crippen LogP contribution < -0.4 is 5.32 Å². The van der Waals surface area contributed by atoms with Crippen molar-refractivity contribution in [3.8, 4) is 5.69 Å². The number of carbonyl (C=O) groups excluding carboxylic acids is 1. The largest absolute Gasteiger partial charge is 0.322 e. The summed E-state index contributed by atoms with van der Waals surface area (Å²) in [6, 6.07) is 10.6. The van der Waals surface area contributed by atoms with Crippen LogP contribution in [0, 0.1) is 0 Å². The van der Waals surface area contributed by atoms with E-state index >= 15 is 0 Å². The Balaban J connectivity index is 1.84. The fraction of sp³-hybridized carbons (Fsp3) is 0. The number of aromatic nitrogens is 5. The Labute approximate surface area is 128 Å². The topological polar surface area (TPSA) is 85.6 Å². The molecule has 0 fully saturated rings. The van der Waals surface area contributed by atoms with E-state index in [1.165, 1.54) is 11.0 Å². The molecule has 0 spiro atoms. The molecule has 0 unspecified atom stereocenters. The van der Waals surface area contributed by atoms with Crippen LogP contribution in [-0.2, 0) is 0 Å². The highest BCUT2D eigenvalue weighted by Crippen LogP contribution is 2.17. The van der Waals surface area contributed by atoms with Crippen LogP contribution in [0.5, 0.6) is 0 Å². The molecule has 8 heteroatoms. The van der Waals surface area contributed by atoms with Crippen LogP contribution in [0.2, 0.25) is 0 Å². The molecule has 1 aromatic carbocycles. The summed E-state index contributed by atoms with van der Waals surface area (Å²) in [7, 11) is 0. The molecule has 104 valence electrons. The molecule has 7 nitrogen and oxygen atoms in total. The summed E-state index contributed by atoms with van der Waals surface area (Å²) in [5.74, 6) is -0.246. The first-order chi connectivity index (χ1) is 10.2. The van der Waals surface area contributed by atoms with Gasteiger partial charge in [0.2, 0.25) is 0 Å². The molecule has 0 bridgehead atoms. The van der Waals surface area contributed by atoms with Gasteiger partial charge in [-0.15, -0.1) is 5.10 Å². The number of rotatable bonds is 3. The maximum atomic E-state index is 12.2. The molecule has 1 N–H and O–H groups in total. The number of halogens is 1. The van der Waals surface area contributed by atoms with Crippen LogP contribution >= 0.6 is 15.9 Å². The number of pyridine rings is 1. The van der Waals surface area contributed by atoms with Gasteiger partial charge in [-0.1, -0.05) is 6.07 Å². The molecular weight excluding hydrogens is 336 g/mol.